The summed E-state index contributed by atoms with van der Waals surface area (Å²) >= 11 is 0. The van der Waals surface area contributed by atoms with Gasteiger partial charge in [-0.2, -0.15) is 0 Å². The largest absolute Gasteiger partial charge is 0.449 e. The predicted octanol–water partition coefficient (Wildman–Crippen LogP) is 5.52. The van der Waals surface area contributed by atoms with Crippen LogP contribution < -0.4 is 4.90 Å². The van der Waals surface area contributed by atoms with Crippen molar-refractivity contribution in [3.8, 4) is 0 Å². The molecule has 182 valence electrons. The van der Waals surface area contributed by atoms with E-state index in [9.17, 15) is 9.59 Å². The number of fused-ring (bicyclic) bond motifs is 2. The second-order valence-electron chi connectivity index (χ2n) is 9.06. The first-order valence-corrected chi connectivity index (χ1v) is 12.3. The fourth-order valence-electron chi connectivity index (χ4n) is 4.76. The first kappa shape index (κ1) is 23.7. The third kappa shape index (κ3) is 4.60. The minimum atomic E-state index is -0.943. The third-order valence-electron chi connectivity index (χ3n) is 6.59. The lowest BCUT2D eigenvalue weighted by Gasteiger charge is -2.29. The van der Waals surface area contributed by atoms with E-state index in [2.05, 4.69) is 4.90 Å². The van der Waals surface area contributed by atoms with Crippen molar-refractivity contribution in [1.82, 2.24) is 9.88 Å². The molecule has 1 aromatic heterocycles. The molecule has 0 fully saturated rings. The van der Waals surface area contributed by atoms with Crippen LogP contribution in [0, 0.1) is 0 Å². The van der Waals surface area contributed by atoms with E-state index in [-0.39, 0.29) is 5.91 Å². The summed E-state index contributed by atoms with van der Waals surface area (Å²) in [7, 11) is 2.03. The number of ether oxygens (including phenoxy) is 1. The summed E-state index contributed by atoms with van der Waals surface area (Å²) in [5.41, 5.74) is 4.53. The van der Waals surface area contributed by atoms with Crippen molar-refractivity contribution < 1.29 is 14.3 Å². The number of nitrogens with zero attached hydrogens (tertiary/aromatic N) is 3. The monoisotopic (exact) mass is 479 g/mol. The maximum atomic E-state index is 13.9. The van der Waals surface area contributed by atoms with Crippen LogP contribution in [-0.2, 0) is 22.5 Å². The summed E-state index contributed by atoms with van der Waals surface area (Å²) in [4.78, 5) is 36.3. The van der Waals surface area contributed by atoms with Crippen molar-refractivity contribution in [2.75, 3.05) is 18.5 Å². The number of rotatable bonds is 6. The standard InChI is InChI=1S/C30H29N3O3/c1-3-27(29(34)33(21-12-6-4-7-13-21)22-14-8-5-9-15-22)36-30(35)28-23-16-10-11-17-25(23)31-26-18-19-32(2)20-24(26)28/h4-17,27H,3,18-20H2,1-2H3. The number of likely N-dealkylation sites (N-methyl/N-ethyl adjacent to an activating group) is 1. The molecule has 2 heterocycles. The SMILES string of the molecule is CCC(OC(=O)c1c2c(nc3ccccc13)CCN(C)C2)C(=O)N(c1ccccc1)c1ccccc1. The summed E-state index contributed by atoms with van der Waals surface area (Å²) in [6.07, 6.45) is 0.177. The molecule has 0 spiro atoms. The molecule has 4 aromatic rings. The van der Waals surface area contributed by atoms with Gasteiger partial charge in [0.2, 0.25) is 0 Å². The van der Waals surface area contributed by atoms with Crippen LogP contribution in [0.15, 0.2) is 84.9 Å². The van der Waals surface area contributed by atoms with Crippen LogP contribution in [0.5, 0.6) is 0 Å². The van der Waals surface area contributed by atoms with E-state index in [0.29, 0.717) is 18.5 Å². The van der Waals surface area contributed by atoms with Crippen LogP contribution in [0.4, 0.5) is 11.4 Å². The molecule has 1 atom stereocenters. The smallest absolute Gasteiger partial charge is 0.340 e. The van der Waals surface area contributed by atoms with Gasteiger partial charge in [-0.3, -0.25) is 14.7 Å². The predicted molar refractivity (Wildman–Crippen MR) is 141 cm³/mol. The van der Waals surface area contributed by atoms with E-state index < -0.39 is 12.1 Å². The van der Waals surface area contributed by atoms with Crippen LogP contribution in [0.3, 0.4) is 0 Å². The van der Waals surface area contributed by atoms with Crippen LogP contribution in [0.25, 0.3) is 10.9 Å². The fourth-order valence-corrected chi connectivity index (χ4v) is 4.76. The molecular formula is C30H29N3O3. The molecule has 0 radical (unpaired) electrons. The Morgan fingerprint density at radius 2 is 1.56 bits per heavy atom. The summed E-state index contributed by atoms with van der Waals surface area (Å²) in [6.45, 7) is 3.35. The Morgan fingerprint density at radius 3 is 2.19 bits per heavy atom. The van der Waals surface area contributed by atoms with Crippen molar-refractivity contribution in [3.63, 3.8) is 0 Å². The van der Waals surface area contributed by atoms with Gasteiger partial charge in [0.1, 0.15) is 0 Å². The van der Waals surface area contributed by atoms with E-state index >= 15 is 0 Å². The molecule has 3 aromatic carbocycles. The molecule has 1 amide bonds. The minimum Gasteiger partial charge on any atom is -0.449 e. The van der Waals surface area contributed by atoms with Crippen molar-refractivity contribution in [3.05, 3.63) is 102 Å². The van der Waals surface area contributed by atoms with Crippen molar-refractivity contribution >= 4 is 34.2 Å². The first-order valence-electron chi connectivity index (χ1n) is 12.3. The summed E-state index contributed by atoms with van der Waals surface area (Å²) < 4.78 is 6.00. The average molecular weight is 480 g/mol. The molecule has 0 bridgehead atoms. The summed E-state index contributed by atoms with van der Waals surface area (Å²) in [6, 6.07) is 26.5. The number of aromatic nitrogens is 1. The number of carbonyl (C=O) groups is 2. The van der Waals surface area contributed by atoms with Crippen molar-refractivity contribution in [2.24, 2.45) is 0 Å². The maximum Gasteiger partial charge on any atom is 0.340 e. The summed E-state index contributed by atoms with van der Waals surface area (Å²) in [5, 5.41) is 0.752. The van der Waals surface area contributed by atoms with E-state index in [4.69, 9.17) is 9.72 Å². The molecule has 1 aliphatic heterocycles. The molecule has 0 saturated carbocycles. The maximum absolute atomic E-state index is 13.9. The lowest BCUT2D eigenvalue weighted by molar-refractivity contribution is -0.126. The highest BCUT2D eigenvalue weighted by molar-refractivity contribution is 6.08. The Kier molecular flexibility index (Phi) is 6.78. The van der Waals surface area contributed by atoms with Crippen LogP contribution in [-0.4, -0.2) is 41.5 Å². The molecule has 1 unspecified atom stereocenters. The van der Waals surface area contributed by atoms with Gasteiger partial charge < -0.3 is 9.64 Å². The summed E-state index contributed by atoms with van der Waals surface area (Å²) in [5.74, 6) is -0.769. The van der Waals surface area contributed by atoms with Gasteiger partial charge in [-0.15, -0.1) is 0 Å². The van der Waals surface area contributed by atoms with Crippen LogP contribution in [0.1, 0.15) is 35.0 Å². The number of anilines is 2. The number of amides is 1. The van der Waals surface area contributed by atoms with E-state index in [1.165, 1.54) is 0 Å². The van der Waals surface area contributed by atoms with Gasteiger partial charge in [-0.05, 0) is 43.8 Å². The number of hydrogen-bond donors (Lipinski definition) is 0. The van der Waals surface area contributed by atoms with E-state index in [0.717, 1.165) is 46.5 Å². The topological polar surface area (TPSA) is 62.7 Å². The highest BCUT2D eigenvalue weighted by Crippen LogP contribution is 2.30. The van der Waals surface area contributed by atoms with Gasteiger partial charge in [-0.1, -0.05) is 61.5 Å². The van der Waals surface area contributed by atoms with Crippen molar-refractivity contribution in [1.29, 1.82) is 0 Å². The van der Waals surface area contributed by atoms with Gasteiger partial charge >= 0.3 is 5.97 Å². The lowest BCUT2D eigenvalue weighted by atomic mass is 9.96. The highest BCUT2D eigenvalue weighted by atomic mass is 16.5. The zero-order valence-corrected chi connectivity index (χ0v) is 20.6. The van der Waals surface area contributed by atoms with Gasteiger partial charge in [0.15, 0.2) is 6.10 Å². The molecule has 36 heavy (non-hydrogen) atoms. The molecule has 6 heteroatoms. The minimum absolute atomic E-state index is 0.285. The second kappa shape index (κ2) is 10.3. The first-order chi connectivity index (χ1) is 17.6. The average Bonchev–Trinajstić information content (AvgIpc) is 2.91. The molecule has 5 rings (SSSR count). The number of pyridine rings is 1. The normalized spacial score (nSPS) is 14.2. The Labute approximate surface area is 211 Å². The number of carbonyl (C=O) groups excluding carboxylic acids is 2. The molecule has 0 N–H and O–H groups in total. The molecular weight excluding hydrogens is 450 g/mol. The van der Waals surface area contributed by atoms with Crippen LogP contribution in [0.2, 0.25) is 0 Å². The highest BCUT2D eigenvalue weighted by Gasteiger charge is 2.32. The second-order valence-corrected chi connectivity index (χ2v) is 9.06. The lowest BCUT2D eigenvalue weighted by Crippen LogP contribution is -2.39. The quantitative estimate of drug-likeness (QED) is 0.341. The van der Waals surface area contributed by atoms with E-state index in [1.54, 1.807) is 4.90 Å². The number of hydrogen-bond acceptors (Lipinski definition) is 5. The Balaban J connectivity index is 1.52. The number of para-hydroxylation sites is 3. The van der Waals surface area contributed by atoms with Crippen molar-refractivity contribution in [2.45, 2.75) is 32.4 Å². The fraction of sp³-hybridized carbons (Fsp3) is 0.233. The molecule has 1 aliphatic rings. The van der Waals surface area contributed by atoms with E-state index in [1.807, 2.05) is 98.9 Å². The Morgan fingerprint density at radius 1 is 0.944 bits per heavy atom. The number of benzene rings is 3. The number of esters is 1. The van der Waals surface area contributed by atoms with Gasteiger partial charge in [-0.25, -0.2) is 4.79 Å². The van der Waals surface area contributed by atoms with Gasteiger partial charge in [0.05, 0.1) is 11.1 Å². The van der Waals surface area contributed by atoms with Crippen LogP contribution >= 0.6 is 0 Å². The zero-order valence-electron chi connectivity index (χ0n) is 20.6. The third-order valence-corrected chi connectivity index (χ3v) is 6.59. The Hall–Kier alpha value is -4.03. The molecule has 0 aliphatic carbocycles. The zero-order chi connectivity index (χ0) is 25.1. The molecule has 0 saturated heterocycles. The molecule has 6 nitrogen and oxygen atoms in total. The van der Waals surface area contributed by atoms with Gasteiger partial charge in [0.25, 0.3) is 5.91 Å². The Bertz CT molecular complexity index is 1350. The van der Waals surface area contributed by atoms with Gasteiger partial charge in [0, 0.05) is 47.5 Å².